The fourth-order valence-electron chi connectivity index (χ4n) is 2.47. The zero-order valence-electron chi connectivity index (χ0n) is 10.6. The molecule has 0 radical (unpaired) electrons. The summed E-state index contributed by atoms with van der Waals surface area (Å²) in [5, 5.41) is 3.87. The number of nitrogens with one attached hydrogen (secondary N) is 1. The molecule has 0 aromatic heterocycles. The second-order valence-electron chi connectivity index (χ2n) is 4.78. The van der Waals surface area contributed by atoms with E-state index in [0.29, 0.717) is 17.2 Å². The van der Waals surface area contributed by atoms with Gasteiger partial charge in [-0.05, 0) is 43.1 Å². The van der Waals surface area contributed by atoms with Crippen LogP contribution in [0.15, 0.2) is 18.2 Å². The number of alkyl halides is 1. The zero-order valence-corrected chi connectivity index (χ0v) is 11.3. The van der Waals surface area contributed by atoms with Gasteiger partial charge in [0.2, 0.25) is 0 Å². The van der Waals surface area contributed by atoms with Gasteiger partial charge in [0, 0.05) is 23.9 Å². The number of hydrogen-bond acceptors (Lipinski definition) is 2. The van der Waals surface area contributed by atoms with Gasteiger partial charge in [0.1, 0.15) is 11.9 Å². The zero-order chi connectivity index (χ0) is 13.0. The highest BCUT2D eigenvalue weighted by atomic mass is 35.5. The molecule has 1 aromatic rings. The number of halogens is 2. The van der Waals surface area contributed by atoms with Crippen LogP contribution in [0.2, 0.25) is 5.02 Å². The van der Waals surface area contributed by atoms with Crippen molar-refractivity contribution >= 4 is 11.6 Å². The molecule has 1 aliphatic heterocycles. The molecule has 2 nitrogen and oxygen atoms in total. The van der Waals surface area contributed by atoms with Crippen LogP contribution in [0, 0.1) is 5.92 Å². The van der Waals surface area contributed by atoms with Crippen LogP contribution >= 0.6 is 11.6 Å². The van der Waals surface area contributed by atoms with E-state index in [2.05, 4.69) is 5.32 Å². The minimum Gasteiger partial charge on any atom is -0.496 e. The first-order valence-corrected chi connectivity index (χ1v) is 6.75. The number of piperidine rings is 1. The minimum absolute atomic E-state index is 0.0995. The van der Waals surface area contributed by atoms with E-state index >= 15 is 0 Å². The fourth-order valence-corrected chi connectivity index (χ4v) is 2.67. The van der Waals surface area contributed by atoms with Gasteiger partial charge in [-0.2, -0.15) is 0 Å². The Labute approximate surface area is 112 Å². The Bertz CT molecular complexity index is 393. The van der Waals surface area contributed by atoms with Crippen molar-refractivity contribution in [1.82, 2.24) is 5.32 Å². The fraction of sp³-hybridized carbons (Fsp3) is 0.571. The number of methoxy groups -OCH3 is 1. The molecule has 0 amide bonds. The minimum atomic E-state index is -0.842. The molecule has 100 valence electrons. The maximum atomic E-state index is 14.3. The third-order valence-electron chi connectivity index (χ3n) is 3.50. The van der Waals surface area contributed by atoms with E-state index in [1.165, 1.54) is 0 Å². The molecule has 1 heterocycles. The third-order valence-corrected chi connectivity index (χ3v) is 3.74. The summed E-state index contributed by atoms with van der Waals surface area (Å²) < 4.78 is 19.5. The van der Waals surface area contributed by atoms with E-state index in [1.807, 2.05) is 0 Å². The van der Waals surface area contributed by atoms with Crippen LogP contribution in [0.25, 0.3) is 0 Å². The lowest BCUT2D eigenvalue weighted by Gasteiger charge is -2.26. The molecule has 0 bridgehead atoms. The van der Waals surface area contributed by atoms with Crippen LogP contribution in [0.5, 0.6) is 5.75 Å². The van der Waals surface area contributed by atoms with Crippen molar-refractivity contribution in [2.24, 2.45) is 5.92 Å². The van der Waals surface area contributed by atoms with Gasteiger partial charge in [-0.1, -0.05) is 11.6 Å². The molecule has 0 spiro atoms. The molecule has 0 aliphatic carbocycles. The van der Waals surface area contributed by atoms with Gasteiger partial charge in [-0.15, -0.1) is 0 Å². The highest BCUT2D eigenvalue weighted by Gasteiger charge is 2.24. The molecule has 18 heavy (non-hydrogen) atoms. The Balaban J connectivity index is 2.05. The monoisotopic (exact) mass is 271 g/mol. The normalized spacial score (nSPS) is 21.6. The highest BCUT2D eigenvalue weighted by Crippen LogP contribution is 2.27. The predicted molar refractivity (Wildman–Crippen MR) is 72.2 cm³/mol. The van der Waals surface area contributed by atoms with Gasteiger partial charge in [0.05, 0.1) is 7.11 Å². The van der Waals surface area contributed by atoms with E-state index < -0.39 is 6.17 Å². The molecule has 1 N–H and O–H groups in total. The van der Waals surface area contributed by atoms with Crippen LogP contribution in [-0.4, -0.2) is 26.4 Å². The molecule has 1 saturated heterocycles. The van der Waals surface area contributed by atoms with E-state index in [-0.39, 0.29) is 5.92 Å². The van der Waals surface area contributed by atoms with Gasteiger partial charge in [0.25, 0.3) is 0 Å². The molecule has 2 atom stereocenters. The summed E-state index contributed by atoms with van der Waals surface area (Å²) in [5.41, 5.74) is 0.850. The molecule has 0 saturated carbocycles. The summed E-state index contributed by atoms with van der Waals surface area (Å²) in [7, 11) is 1.60. The Morgan fingerprint density at radius 2 is 2.39 bits per heavy atom. The van der Waals surface area contributed by atoms with E-state index in [0.717, 1.165) is 31.5 Å². The maximum Gasteiger partial charge on any atom is 0.122 e. The molecule has 2 unspecified atom stereocenters. The number of hydrogen-bond donors (Lipinski definition) is 1. The maximum absolute atomic E-state index is 14.3. The largest absolute Gasteiger partial charge is 0.496 e. The van der Waals surface area contributed by atoms with Crippen LogP contribution in [0.4, 0.5) is 4.39 Å². The van der Waals surface area contributed by atoms with Crippen molar-refractivity contribution in [3.05, 3.63) is 28.8 Å². The topological polar surface area (TPSA) is 21.3 Å². The molecule has 1 aliphatic rings. The molecular formula is C14H19ClFNO. The van der Waals surface area contributed by atoms with E-state index in [1.54, 1.807) is 25.3 Å². The molecule has 1 fully saturated rings. The Morgan fingerprint density at radius 3 is 3.06 bits per heavy atom. The Hall–Kier alpha value is -0.800. The van der Waals surface area contributed by atoms with Crippen molar-refractivity contribution in [3.63, 3.8) is 0 Å². The second-order valence-corrected chi connectivity index (χ2v) is 5.22. The lowest BCUT2D eigenvalue weighted by atomic mass is 9.91. The van der Waals surface area contributed by atoms with Crippen LogP contribution < -0.4 is 10.1 Å². The van der Waals surface area contributed by atoms with Crippen LogP contribution in [0.3, 0.4) is 0 Å². The van der Waals surface area contributed by atoms with Crippen LogP contribution in [-0.2, 0) is 6.42 Å². The summed E-state index contributed by atoms with van der Waals surface area (Å²) in [4.78, 5) is 0. The number of rotatable bonds is 4. The van der Waals surface area contributed by atoms with Gasteiger partial charge in [0.15, 0.2) is 0 Å². The molecule has 4 heteroatoms. The second kappa shape index (κ2) is 6.39. The van der Waals surface area contributed by atoms with Crippen molar-refractivity contribution in [1.29, 1.82) is 0 Å². The standard InChI is InChI=1S/C14H19ClFNO/c1-18-14-5-4-12(15)7-11(14)8-13(16)10-3-2-6-17-9-10/h4-5,7,10,13,17H,2-3,6,8-9H2,1H3. The average molecular weight is 272 g/mol. The summed E-state index contributed by atoms with van der Waals surface area (Å²) >= 11 is 5.95. The van der Waals surface area contributed by atoms with Gasteiger partial charge < -0.3 is 10.1 Å². The molecule has 1 aromatic carbocycles. The first kappa shape index (κ1) is 13.6. The Kier molecular flexibility index (Phi) is 4.84. The SMILES string of the molecule is COc1ccc(Cl)cc1CC(F)C1CCCNC1. The van der Waals surface area contributed by atoms with Crippen LogP contribution in [0.1, 0.15) is 18.4 Å². The number of benzene rings is 1. The molecular weight excluding hydrogens is 253 g/mol. The summed E-state index contributed by atoms with van der Waals surface area (Å²) in [6, 6.07) is 5.35. The first-order valence-electron chi connectivity index (χ1n) is 6.38. The lowest BCUT2D eigenvalue weighted by molar-refractivity contribution is 0.190. The summed E-state index contributed by atoms with van der Waals surface area (Å²) in [6.45, 7) is 1.77. The molecule has 2 rings (SSSR count). The third kappa shape index (κ3) is 3.36. The van der Waals surface area contributed by atoms with Gasteiger partial charge in [-0.3, -0.25) is 0 Å². The Morgan fingerprint density at radius 1 is 1.56 bits per heavy atom. The predicted octanol–water partition coefficient (Wildman–Crippen LogP) is 3.23. The van der Waals surface area contributed by atoms with Gasteiger partial charge in [-0.25, -0.2) is 4.39 Å². The highest BCUT2D eigenvalue weighted by molar-refractivity contribution is 6.30. The van der Waals surface area contributed by atoms with Crippen molar-refractivity contribution in [2.75, 3.05) is 20.2 Å². The smallest absolute Gasteiger partial charge is 0.122 e. The lowest BCUT2D eigenvalue weighted by Crippen LogP contribution is -2.35. The summed E-state index contributed by atoms with van der Waals surface area (Å²) in [6.07, 6.45) is 1.54. The van der Waals surface area contributed by atoms with Gasteiger partial charge >= 0.3 is 0 Å². The van der Waals surface area contributed by atoms with E-state index in [9.17, 15) is 4.39 Å². The van der Waals surface area contributed by atoms with Crippen molar-refractivity contribution < 1.29 is 9.13 Å². The first-order chi connectivity index (χ1) is 8.70. The van der Waals surface area contributed by atoms with Crippen molar-refractivity contribution in [3.8, 4) is 5.75 Å². The quantitative estimate of drug-likeness (QED) is 0.908. The summed E-state index contributed by atoms with van der Waals surface area (Å²) in [5.74, 6) is 0.813. The number of ether oxygens (including phenoxy) is 1. The average Bonchev–Trinajstić information content (AvgIpc) is 2.40. The van der Waals surface area contributed by atoms with E-state index in [4.69, 9.17) is 16.3 Å². The van der Waals surface area contributed by atoms with Crippen molar-refractivity contribution in [2.45, 2.75) is 25.4 Å².